The van der Waals surface area contributed by atoms with Crippen LogP contribution < -0.4 is 5.73 Å². The molecule has 0 amide bonds. The summed E-state index contributed by atoms with van der Waals surface area (Å²) in [6.07, 6.45) is 1.18. The summed E-state index contributed by atoms with van der Waals surface area (Å²) in [6, 6.07) is 5.35. The molecule has 84 valence electrons. The van der Waals surface area contributed by atoms with E-state index in [4.69, 9.17) is 5.73 Å². The van der Waals surface area contributed by atoms with Crippen molar-refractivity contribution in [1.29, 1.82) is 0 Å². The summed E-state index contributed by atoms with van der Waals surface area (Å²) >= 11 is 0. The number of rotatable bonds is 3. The summed E-state index contributed by atoms with van der Waals surface area (Å²) in [5.41, 5.74) is 6.46. The molecule has 1 aromatic rings. The van der Waals surface area contributed by atoms with Gasteiger partial charge in [-0.25, -0.2) is 4.98 Å². The molecule has 0 unspecified atom stereocenters. The average molecular weight is 208 g/mol. The Labute approximate surface area is 91.3 Å². The minimum Gasteiger partial charge on any atom is -0.387 e. The molecule has 0 fully saturated rings. The molecule has 0 radical (unpaired) electrons. The van der Waals surface area contributed by atoms with E-state index < -0.39 is 6.10 Å². The van der Waals surface area contributed by atoms with Crippen LogP contribution in [0.3, 0.4) is 0 Å². The number of anilines is 1. The fourth-order valence-electron chi connectivity index (χ4n) is 1.37. The second kappa shape index (κ2) is 4.62. The second-order valence-electron chi connectivity index (χ2n) is 5.10. The van der Waals surface area contributed by atoms with Gasteiger partial charge in [-0.1, -0.05) is 26.8 Å². The molecule has 0 spiro atoms. The van der Waals surface area contributed by atoms with Crippen molar-refractivity contribution in [2.24, 2.45) is 5.41 Å². The van der Waals surface area contributed by atoms with Crippen LogP contribution in [0, 0.1) is 5.41 Å². The maximum atomic E-state index is 9.89. The number of nitrogen functional groups attached to an aromatic ring is 1. The molecule has 1 atom stereocenters. The Balaban J connectivity index is 2.58. The molecule has 15 heavy (non-hydrogen) atoms. The van der Waals surface area contributed by atoms with E-state index in [0.717, 1.165) is 12.8 Å². The molecule has 0 aromatic carbocycles. The lowest BCUT2D eigenvalue weighted by Crippen LogP contribution is -2.09. The molecule has 0 aliphatic heterocycles. The van der Waals surface area contributed by atoms with Crippen LogP contribution in [-0.4, -0.2) is 10.1 Å². The molecule has 3 N–H and O–H groups in total. The number of hydrogen-bond donors (Lipinski definition) is 2. The van der Waals surface area contributed by atoms with Gasteiger partial charge in [-0.2, -0.15) is 0 Å². The zero-order valence-corrected chi connectivity index (χ0v) is 9.70. The molecule has 1 rings (SSSR count). The van der Waals surface area contributed by atoms with Gasteiger partial charge in [0.15, 0.2) is 0 Å². The van der Waals surface area contributed by atoms with Crippen LogP contribution >= 0.6 is 0 Å². The molecule has 1 heterocycles. The van der Waals surface area contributed by atoms with Crippen molar-refractivity contribution in [3.63, 3.8) is 0 Å². The zero-order chi connectivity index (χ0) is 11.5. The van der Waals surface area contributed by atoms with Gasteiger partial charge in [-0.15, -0.1) is 0 Å². The van der Waals surface area contributed by atoms with Crippen molar-refractivity contribution in [2.45, 2.75) is 39.7 Å². The Hall–Kier alpha value is -1.09. The van der Waals surface area contributed by atoms with Crippen molar-refractivity contribution < 1.29 is 5.11 Å². The predicted molar refractivity (Wildman–Crippen MR) is 62.3 cm³/mol. The van der Waals surface area contributed by atoms with Crippen molar-refractivity contribution in [3.05, 3.63) is 23.9 Å². The van der Waals surface area contributed by atoms with Crippen LogP contribution in [-0.2, 0) is 0 Å². The van der Waals surface area contributed by atoms with E-state index in [1.54, 1.807) is 6.07 Å². The highest BCUT2D eigenvalue weighted by atomic mass is 16.3. The second-order valence-corrected chi connectivity index (χ2v) is 5.10. The van der Waals surface area contributed by atoms with Crippen molar-refractivity contribution in [3.8, 4) is 0 Å². The highest BCUT2D eigenvalue weighted by molar-refractivity contribution is 5.29. The van der Waals surface area contributed by atoms with Crippen molar-refractivity contribution >= 4 is 5.82 Å². The van der Waals surface area contributed by atoms with Gasteiger partial charge >= 0.3 is 0 Å². The van der Waals surface area contributed by atoms with Gasteiger partial charge in [-0.3, -0.25) is 0 Å². The molecule has 3 nitrogen and oxygen atoms in total. The lowest BCUT2D eigenvalue weighted by molar-refractivity contribution is 0.143. The third-order valence-corrected chi connectivity index (χ3v) is 2.30. The maximum Gasteiger partial charge on any atom is 0.123 e. The van der Waals surface area contributed by atoms with E-state index in [0.29, 0.717) is 11.5 Å². The molecule has 0 bridgehead atoms. The normalized spacial score (nSPS) is 13.9. The topological polar surface area (TPSA) is 59.1 Å². The number of aromatic nitrogens is 1. The number of pyridine rings is 1. The number of aliphatic hydroxyl groups is 1. The van der Waals surface area contributed by atoms with Crippen molar-refractivity contribution in [1.82, 2.24) is 4.98 Å². The molecule has 0 saturated heterocycles. The lowest BCUT2D eigenvalue weighted by atomic mass is 9.89. The highest BCUT2D eigenvalue weighted by Gasteiger charge is 2.15. The minimum atomic E-state index is -0.507. The number of aliphatic hydroxyl groups excluding tert-OH is 1. The molecule has 0 aliphatic carbocycles. The van der Waals surface area contributed by atoms with Crippen LogP contribution in [0.25, 0.3) is 0 Å². The highest BCUT2D eigenvalue weighted by Crippen LogP contribution is 2.26. The third-order valence-electron chi connectivity index (χ3n) is 2.30. The number of nitrogens with two attached hydrogens (primary N) is 1. The van der Waals surface area contributed by atoms with Crippen LogP contribution in [0.5, 0.6) is 0 Å². The summed E-state index contributed by atoms with van der Waals surface area (Å²) in [6.45, 7) is 6.48. The first-order chi connectivity index (χ1) is 6.88. The Morgan fingerprint density at radius 3 is 2.60 bits per heavy atom. The summed E-state index contributed by atoms with van der Waals surface area (Å²) in [7, 11) is 0. The van der Waals surface area contributed by atoms with E-state index in [9.17, 15) is 5.11 Å². The van der Waals surface area contributed by atoms with Gasteiger partial charge in [0.05, 0.1) is 11.8 Å². The van der Waals surface area contributed by atoms with Crippen LogP contribution in [0.2, 0.25) is 0 Å². The summed E-state index contributed by atoms with van der Waals surface area (Å²) in [5.74, 6) is 0.460. The largest absolute Gasteiger partial charge is 0.387 e. The Bertz CT molecular complexity index is 318. The van der Waals surface area contributed by atoms with Gasteiger partial charge in [0.2, 0.25) is 0 Å². The fraction of sp³-hybridized carbons (Fsp3) is 0.583. The van der Waals surface area contributed by atoms with Gasteiger partial charge in [0.1, 0.15) is 5.82 Å². The smallest absolute Gasteiger partial charge is 0.123 e. The van der Waals surface area contributed by atoms with Gasteiger partial charge in [-0.05, 0) is 30.4 Å². The SMILES string of the molecule is CC(C)(C)CC[C@H](O)c1cccc(N)n1. The minimum absolute atomic E-state index is 0.237. The van der Waals surface area contributed by atoms with Gasteiger partial charge in [0, 0.05) is 0 Å². The quantitative estimate of drug-likeness (QED) is 0.802. The van der Waals surface area contributed by atoms with Gasteiger partial charge in [0.25, 0.3) is 0 Å². The van der Waals surface area contributed by atoms with Crippen LogP contribution in [0.15, 0.2) is 18.2 Å². The lowest BCUT2D eigenvalue weighted by Gasteiger charge is -2.20. The van der Waals surface area contributed by atoms with E-state index in [1.165, 1.54) is 0 Å². The van der Waals surface area contributed by atoms with E-state index >= 15 is 0 Å². The van der Waals surface area contributed by atoms with E-state index in [1.807, 2.05) is 12.1 Å². The Morgan fingerprint density at radius 2 is 2.07 bits per heavy atom. The van der Waals surface area contributed by atoms with E-state index in [2.05, 4.69) is 25.8 Å². The predicted octanol–water partition coefficient (Wildman–Crippen LogP) is 2.52. The van der Waals surface area contributed by atoms with Crippen molar-refractivity contribution in [2.75, 3.05) is 5.73 Å². The standard InChI is InChI=1S/C12H20N2O/c1-12(2,3)8-7-10(15)9-5-4-6-11(13)14-9/h4-6,10,15H,7-8H2,1-3H3,(H2,13,14)/t10-/m0/s1. The fourth-order valence-corrected chi connectivity index (χ4v) is 1.37. The summed E-state index contributed by atoms with van der Waals surface area (Å²) in [4.78, 5) is 4.10. The zero-order valence-electron chi connectivity index (χ0n) is 9.70. The molecule has 3 heteroatoms. The average Bonchev–Trinajstić information content (AvgIpc) is 2.13. The molecule has 0 aliphatic rings. The first-order valence-corrected chi connectivity index (χ1v) is 5.29. The summed E-state index contributed by atoms with van der Waals surface area (Å²) in [5, 5.41) is 9.89. The van der Waals surface area contributed by atoms with Crippen LogP contribution in [0.1, 0.15) is 45.4 Å². The molecule has 0 saturated carbocycles. The number of nitrogens with zero attached hydrogens (tertiary/aromatic N) is 1. The molecular weight excluding hydrogens is 188 g/mol. The number of hydrogen-bond acceptors (Lipinski definition) is 3. The first kappa shape index (κ1) is 12.0. The third kappa shape index (κ3) is 4.30. The monoisotopic (exact) mass is 208 g/mol. The van der Waals surface area contributed by atoms with Crippen LogP contribution in [0.4, 0.5) is 5.82 Å². The van der Waals surface area contributed by atoms with E-state index in [-0.39, 0.29) is 5.41 Å². The first-order valence-electron chi connectivity index (χ1n) is 5.29. The summed E-state index contributed by atoms with van der Waals surface area (Å²) < 4.78 is 0. The Morgan fingerprint density at radius 1 is 1.40 bits per heavy atom. The molecular formula is C12H20N2O. The Kier molecular flexibility index (Phi) is 3.69. The molecule has 1 aromatic heterocycles. The maximum absolute atomic E-state index is 9.89. The van der Waals surface area contributed by atoms with Gasteiger partial charge < -0.3 is 10.8 Å².